The molecule has 0 N–H and O–H groups in total. The van der Waals surface area contributed by atoms with E-state index in [1.165, 1.54) is 6.07 Å². The van der Waals surface area contributed by atoms with Crippen molar-refractivity contribution in [1.82, 2.24) is 0 Å². The Kier molecular flexibility index (Phi) is 3.30. The second-order valence-electron chi connectivity index (χ2n) is 8.43. The molecule has 1 aromatic rings. The first kappa shape index (κ1) is 16.5. The van der Waals surface area contributed by atoms with Crippen molar-refractivity contribution < 1.29 is 9.66 Å². The summed E-state index contributed by atoms with van der Waals surface area (Å²) in [5.41, 5.74) is 2.08. The summed E-state index contributed by atoms with van der Waals surface area (Å²) in [6.45, 7) is 11.6. The van der Waals surface area contributed by atoms with Crippen molar-refractivity contribution >= 4 is 17.1 Å². The van der Waals surface area contributed by atoms with Crippen LogP contribution in [0.5, 0.6) is 0 Å². The van der Waals surface area contributed by atoms with Crippen LogP contribution in [0, 0.1) is 26.9 Å². The molecule has 0 amide bonds. The summed E-state index contributed by atoms with van der Waals surface area (Å²) >= 11 is 0. The highest BCUT2D eigenvalue weighted by atomic mass is 16.6. The Bertz CT molecular complexity index is 813. The van der Waals surface area contributed by atoms with E-state index in [0.29, 0.717) is 12.3 Å². The second kappa shape index (κ2) is 5.01. The monoisotopic (exact) mass is 340 g/mol. The van der Waals surface area contributed by atoms with Crippen molar-refractivity contribution in [1.29, 1.82) is 0 Å². The molecular weight excluding hydrogens is 316 g/mol. The van der Waals surface area contributed by atoms with Crippen LogP contribution in [0.3, 0.4) is 0 Å². The number of nitrogens with zero attached hydrogens (tertiary/aromatic N) is 2. The molecule has 3 fully saturated rings. The van der Waals surface area contributed by atoms with E-state index in [9.17, 15) is 10.1 Å². The fourth-order valence-electron chi connectivity index (χ4n) is 5.47. The summed E-state index contributed by atoms with van der Waals surface area (Å²) < 4.78 is 6.37. The van der Waals surface area contributed by atoms with Crippen molar-refractivity contribution in [2.75, 3.05) is 6.61 Å². The predicted molar refractivity (Wildman–Crippen MR) is 97.2 cm³/mol. The average Bonchev–Trinajstić information content (AvgIpc) is 3.09. The van der Waals surface area contributed by atoms with Gasteiger partial charge in [-0.05, 0) is 29.9 Å². The van der Waals surface area contributed by atoms with Crippen molar-refractivity contribution in [2.24, 2.45) is 21.7 Å². The molecule has 1 aliphatic heterocycles. The number of nitro groups is 1. The third kappa shape index (κ3) is 1.90. The molecule has 0 aromatic heterocycles. The zero-order valence-corrected chi connectivity index (χ0v) is 15.0. The molecule has 25 heavy (non-hydrogen) atoms. The minimum absolute atomic E-state index is 0.0352. The van der Waals surface area contributed by atoms with Crippen LogP contribution < -0.4 is 0 Å². The first-order valence-electron chi connectivity index (χ1n) is 8.86. The number of hydrogen-bond acceptors (Lipinski definition) is 4. The predicted octanol–water partition coefficient (Wildman–Crippen LogP) is 4.84. The third-order valence-corrected chi connectivity index (χ3v) is 7.20. The zero-order valence-electron chi connectivity index (χ0n) is 15.0. The maximum Gasteiger partial charge on any atom is 0.294 e. The van der Waals surface area contributed by atoms with Crippen LogP contribution in [0.2, 0.25) is 0 Å². The third-order valence-electron chi connectivity index (χ3n) is 7.20. The second-order valence-corrected chi connectivity index (χ2v) is 8.43. The fraction of sp³-hybridized carbons (Fsp3) is 0.550. The number of nitro benzene ring substituents is 1. The van der Waals surface area contributed by atoms with E-state index < -0.39 is 5.60 Å². The van der Waals surface area contributed by atoms with Crippen LogP contribution in [0.25, 0.3) is 0 Å². The Morgan fingerprint density at radius 2 is 2.04 bits per heavy atom. The van der Waals surface area contributed by atoms with Gasteiger partial charge < -0.3 is 4.74 Å². The summed E-state index contributed by atoms with van der Waals surface area (Å²) in [6.07, 6.45) is 2.91. The molecule has 3 atom stereocenters. The standard InChI is InChI=1S/C20H24N2O3/c1-13-11-20(25-12-13)17(14-9-10-19(20,4)18(14,2)3)21-15-7-5-6-8-16(15)22(23)24/h5-8,14H,1,9-12H2,2-4H3/t14-,19-,20-/m0/s1. The Labute approximate surface area is 147 Å². The van der Waals surface area contributed by atoms with Gasteiger partial charge in [-0.3, -0.25) is 10.1 Å². The van der Waals surface area contributed by atoms with Crippen LogP contribution >= 0.6 is 0 Å². The quantitative estimate of drug-likeness (QED) is 0.439. The molecule has 2 bridgehead atoms. The van der Waals surface area contributed by atoms with E-state index in [-0.39, 0.29) is 27.4 Å². The maximum atomic E-state index is 11.4. The Hall–Kier alpha value is -2.01. The molecule has 0 radical (unpaired) electrons. The van der Waals surface area contributed by atoms with Crippen LogP contribution in [0.4, 0.5) is 11.4 Å². The molecule has 132 valence electrons. The zero-order chi connectivity index (χ0) is 18.0. The van der Waals surface area contributed by atoms with Crippen LogP contribution in [-0.2, 0) is 4.74 Å². The summed E-state index contributed by atoms with van der Waals surface area (Å²) in [7, 11) is 0. The van der Waals surface area contributed by atoms with Gasteiger partial charge in [0.2, 0.25) is 0 Å². The minimum Gasteiger partial charge on any atom is -0.364 e. The molecule has 2 aliphatic carbocycles. The minimum atomic E-state index is -0.472. The SMILES string of the molecule is C=C1CO[C@@]2(C1)C(=Nc1ccccc1[N+](=O)[O-])[C@@H]1CC[C@@]2(C)C1(C)C. The normalized spacial score (nSPS) is 37.3. The molecule has 3 aliphatic rings. The van der Waals surface area contributed by atoms with Gasteiger partial charge in [-0.1, -0.05) is 39.5 Å². The van der Waals surface area contributed by atoms with Gasteiger partial charge >= 0.3 is 0 Å². The molecule has 2 saturated carbocycles. The molecule has 1 heterocycles. The van der Waals surface area contributed by atoms with Crippen LogP contribution in [-0.4, -0.2) is 22.8 Å². The van der Waals surface area contributed by atoms with Gasteiger partial charge in [-0.15, -0.1) is 0 Å². The molecule has 5 heteroatoms. The summed E-state index contributed by atoms with van der Waals surface area (Å²) in [5.74, 6) is 0.281. The highest BCUT2D eigenvalue weighted by Gasteiger charge is 2.74. The number of ether oxygens (including phenoxy) is 1. The smallest absolute Gasteiger partial charge is 0.294 e. The molecule has 0 unspecified atom stereocenters. The van der Waals surface area contributed by atoms with E-state index in [1.807, 2.05) is 0 Å². The van der Waals surface area contributed by atoms with Gasteiger partial charge in [0.25, 0.3) is 5.69 Å². The highest BCUT2D eigenvalue weighted by molar-refractivity contribution is 6.02. The molecular formula is C20H24N2O3. The van der Waals surface area contributed by atoms with E-state index in [4.69, 9.17) is 9.73 Å². The van der Waals surface area contributed by atoms with E-state index in [0.717, 1.165) is 30.5 Å². The number of hydrogen-bond donors (Lipinski definition) is 0. The number of aliphatic imine (C=N–C) groups is 1. The molecule has 1 saturated heterocycles. The lowest BCUT2D eigenvalue weighted by Gasteiger charge is -2.45. The summed E-state index contributed by atoms with van der Waals surface area (Å²) in [5, 5.41) is 11.4. The van der Waals surface area contributed by atoms with Crippen molar-refractivity contribution in [2.45, 2.75) is 45.6 Å². The Morgan fingerprint density at radius 1 is 1.32 bits per heavy atom. The topological polar surface area (TPSA) is 64.7 Å². The van der Waals surface area contributed by atoms with E-state index in [1.54, 1.807) is 18.2 Å². The Morgan fingerprint density at radius 3 is 2.68 bits per heavy atom. The van der Waals surface area contributed by atoms with E-state index >= 15 is 0 Å². The average molecular weight is 340 g/mol. The summed E-state index contributed by atoms with van der Waals surface area (Å²) in [6, 6.07) is 6.72. The van der Waals surface area contributed by atoms with Gasteiger partial charge in [0.1, 0.15) is 11.3 Å². The molecule has 1 spiro atoms. The lowest BCUT2D eigenvalue weighted by Crippen LogP contribution is -2.51. The van der Waals surface area contributed by atoms with Crippen LogP contribution in [0.15, 0.2) is 41.4 Å². The number of fused-ring (bicyclic) bond motifs is 3. The largest absolute Gasteiger partial charge is 0.364 e. The first-order valence-corrected chi connectivity index (χ1v) is 8.86. The molecule has 5 nitrogen and oxygen atoms in total. The Balaban J connectivity index is 1.92. The van der Waals surface area contributed by atoms with Gasteiger partial charge in [-0.2, -0.15) is 0 Å². The van der Waals surface area contributed by atoms with Gasteiger partial charge in [0, 0.05) is 23.8 Å². The van der Waals surface area contributed by atoms with Crippen molar-refractivity contribution in [3.8, 4) is 0 Å². The van der Waals surface area contributed by atoms with Gasteiger partial charge in [0.05, 0.1) is 17.2 Å². The highest BCUT2D eigenvalue weighted by Crippen LogP contribution is 2.71. The fourth-order valence-corrected chi connectivity index (χ4v) is 5.47. The van der Waals surface area contributed by atoms with Gasteiger partial charge in [-0.25, -0.2) is 4.99 Å². The van der Waals surface area contributed by atoms with Gasteiger partial charge in [0.15, 0.2) is 0 Å². The summed E-state index contributed by atoms with van der Waals surface area (Å²) in [4.78, 5) is 15.9. The lowest BCUT2D eigenvalue weighted by atomic mass is 9.63. The number of benzene rings is 1. The van der Waals surface area contributed by atoms with Crippen LogP contribution in [0.1, 0.15) is 40.0 Å². The number of para-hydroxylation sites is 2. The molecule has 4 rings (SSSR count). The lowest BCUT2D eigenvalue weighted by molar-refractivity contribution is -0.384. The first-order chi connectivity index (χ1) is 11.7. The van der Waals surface area contributed by atoms with E-state index in [2.05, 4.69) is 27.4 Å². The molecule has 1 aromatic carbocycles. The maximum absolute atomic E-state index is 11.4. The number of rotatable bonds is 2. The van der Waals surface area contributed by atoms with Crippen molar-refractivity contribution in [3.05, 3.63) is 46.5 Å². The van der Waals surface area contributed by atoms with Crippen molar-refractivity contribution in [3.63, 3.8) is 0 Å².